The standard InChI is InChI=1S/C11H17ClN4/c1-7(2)8-3-4-16(5-8)11-9(12)10(13)14-6-15-11/h6-8H,3-5H2,1-2H3,(H2,13,14,15). The van der Waals surface area contributed by atoms with E-state index in [2.05, 4.69) is 28.7 Å². The third-order valence-corrected chi connectivity index (χ3v) is 3.63. The number of nitrogens with two attached hydrogens (primary N) is 1. The fourth-order valence-corrected chi connectivity index (χ4v) is 2.34. The summed E-state index contributed by atoms with van der Waals surface area (Å²) >= 11 is 6.11. The molecule has 2 heterocycles. The van der Waals surface area contributed by atoms with E-state index in [-0.39, 0.29) is 0 Å². The van der Waals surface area contributed by atoms with Crippen LogP contribution in [0.15, 0.2) is 6.33 Å². The molecule has 2 N–H and O–H groups in total. The Hall–Kier alpha value is -1.03. The molecule has 4 nitrogen and oxygen atoms in total. The smallest absolute Gasteiger partial charge is 0.153 e. The molecule has 0 aromatic carbocycles. The zero-order chi connectivity index (χ0) is 11.7. The molecule has 88 valence electrons. The molecule has 0 radical (unpaired) electrons. The molecule has 0 aliphatic carbocycles. The zero-order valence-electron chi connectivity index (χ0n) is 9.65. The quantitative estimate of drug-likeness (QED) is 0.861. The maximum Gasteiger partial charge on any atom is 0.153 e. The molecule has 1 aliphatic heterocycles. The molecule has 1 aromatic rings. The van der Waals surface area contributed by atoms with Crippen molar-refractivity contribution in [1.82, 2.24) is 9.97 Å². The summed E-state index contributed by atoms with van der Waals surface area (Å²) in [4.78, 5) is 10.3. The Balaban J connectivity index is 2.17. The van der Waals surface area contributed by atoms with Gasteiger partial charge in [0, 0.05) is 13.1 Å². The van der Waals surface area contributed by atoms with Crippen LogP contribution in [0.3, 0.4) is 0 Å². The summed E-state index contributed by atoms with van der Waals surface area (Å²) in [6, 6.07) is 0. The first kappa shape index (κ1) is 11.5. The normalized spacial score (nSPS) is 20.8. The van der Waals surface area contributed by atoms with Crippen LogP contribution in [0.25, 0.3) is 0 Å². The monoisotopic (exact) mass is 240 g/mol. The first-order chi connectivity index (χ1) is 7.59. The maximum absolute atomic E-state index is 6.11. The van der Waals surface area contributed by atoms with Gasteiger partial charge in [0.25, 0.3) is 0 Å². The first-order valence-electron chi connectivity index (χ1n) is 5.60. The van der Waals surface area contributed by atoms with Crippen molar-refractivity contribution in [3.63, 3.8) is 0 Å². The number of anilines is 2. The molecule has 2 rings (SSSR count). The third-order valence-electron chi connectivity index (χ3n) is 3.27. The van der Waals surface area contributed by atoms with E-state index in [4.69, 9.17) is 17.3 Å². The Morgan fingerprint density at radius 1 is 1.50 bits per heavy atom. The predicted molar refractivity (Wildman–Crippen MR) is 66.6 cm³/mol. The van der Waals surface area contributed by atoms with Crippen LogP contribution >= 0.6 is 11.6 Å². The molecule has 16 heavy (non-hydrogen) atoms. The van der Waals surface area contributed by atoms with Crippen molar-refractivity contribution in [1.29, 1.82) is 0 Å². The molecule has 0 bridgehead atoms. The highest BCUT2D eigenvalue weighted by molar-refractivity contribution is 6.35. The minimum absolute atomic E-state index is 0.361. The van der Waals surface area contributed by atoms with Gasteiger partial charge >= 0.3 is 0 Å². The highest BCUT2D eigenvalue weighted by Gasteiger charge is 2.27. The van der Waals surface area contributed by atoms with Gasteiger partial charge in [-0.1, -0.05) is 25.4 Å². The van der Waals surface area contributed by atoms with Crippen LogP contribution in [0.1, 0.15) is 20.3 Å². The maximum atomic E-state index is 6.11. The second kappa shape index (κ2) is 4.45. The number of hydrogen-bond donors (Lipinski definition) is 1. The molecule has 1 saturated heterocycles. The van der Waals surface area contributed by atoms with E-state index in [0.29, 0.717) is 22.7 Å². The number of halogens is 1. The summed E-state index contributed by atoms with van der Waals surface area (Å²) in [7, 11) is 0. The fraction of sp³-hybridized carbons (Fsp3) is 0.636. The lowest BCUT2D eigenvalue weighted by Crippen LogP contribution is -2.23. The molecule has 0 amide bonds. The van der Waals surface area contributed by atoms with Gasteiger partial charge in [-0.2, -0.15) is 0 Å². The molecule has 1 aromatic heterocycles. The number of rotatable bonds is 2. The van der Waals surface area contributed by atoms with E-state index >= 15 is 0 Å². The average molecular weight is 241 g/mol. The Labute approximate surface area is 101 Å². The molecular weight excluding hydrogens is 224 g/mol. The Bertz CT molecular complexity index is 380. The topological polar surface area (TPSA) is 55.0 Å². The highest BCUT2D eigenvalue weighted by atomic mass is 35.5. The van der Waals surface area contributed by atoms with Crippen molar-refractivity contribution in [2.75, 3.05) is 23.7 Å². The predicted octanol–water partition coefficient (Wildman–Crippen LogP) is 2.19. The van der Waals surface area contributed by atoms with Gasteiger partial charge in [0.05, 0.1) is 0 Å². The van der Waals surface area contributed by atoms with E-state index in [1.54, 1.807) is 0 Å². The van der Waals surface area contributed by atoms with Gasteiger partial charge in [0.15, 0.2) is 5.82 Å². The van der Waals surface area contributed by atoms with Crippen LogP contribution in [-0.2, 0) is 0 Å². The lowest BCUT2D eigenvalue weighted by Gasteiger charge is -2.20. The van der Waals surface area contributed by atoms with Gasteiger partial charge in [0.2, 0.25) is 0 Å². The second-order valence-electron chi connectivity index (χ2n) is 4.64. The molecule has 1 fully saturated rings. The van der Waals surface area contributed by atoms with Crippen LogP contribution in [0.2, 0.25) is 5.02 Å². The summed E-state index contributed by atoms with van der Waals surface area (Å²) in [5.74, 6) is 2.55. The molecular formula is C11H17ClN4. The Morgan fingerprint density at radius 2 is 2.25 bits per heavy atom. The largest absolute Gasteiger partial charge is 0.382 e. The minimum atomic E-state index is 0.361. The molecule has 0 spiro atoms. The van der Waals surface area contributed by atoms with Gasteiger partial charge in [0.1, 0.15) is 17.2 Å². The lowest BCUT2D eigenvalue weighted by atomic mass is 9.95. The second-order valence-corrected chi connectivity index (χ2v) is 5.01. The van der Waals surface area contributed by atoms with E-state index in [0.717, 1.165) is 18.9 Å². The first-order valence-corrected chi connectivity index (χ1v) is 5.98. The highest BCUT2D eigenvalue weighted by Crippen LogP contribution is 2.32. The Kier molecular flexibility index (Phi) is 3.19. The molecule has 1 atom stereocenters. The van der Waals surface area contributed by atoms with Crippen LogP contribution < -0.4 is 10.6 Å². The van der Waals surface area contributed by atoms with E-state index in [9.17, 15) is 0 Å². The van der Waals surface area contributed by atoms with Crippen molar-refractivity contribution >= 4 is 23.2 Å². The summed E-state index contributed by atoms with van der Waals surface area (Å²) in [5.41, 5.74) is 5.67. The van der Waals surface area contributed by atoms with Crippen molar-refractivity contribution in [3.05, 3.63) is 11.3 Å². The zero-order valence-corrected chi connectivity index (χ0v) is 10.4. The van der Waals surface area contributed by atoms with Gasteiger partial charge in [-0.05, 0) is 18.3 Å². The fourth-order valence-electron chi connectivity index (χ4n) is 2.12. The van der Waals surface area contributed by atoms with Crippen molar-refractivity contribution < 1.29 is 0 Å². The summed E-state index contributed by atoms with van der Waals surface area (Å²) < 4.78 is 0. The molecule has 1 aliphatic rings. The van der Waals surface area contributed by atoms with Crippen molar-refractivity contribution in [2.45, 2.75) is 20.3 Å². The third kappa shape index (κ3) is 2.07. The van der Waals surface area contributed by atoms with Gasteiger partial charge in [-0.15, -0.1) is 0 Å². The van der Waals surface area contributed by atoms with Crippen molar-refractivity contribution in [2.24, 2.45) is 11.8 Å². The van der Waals surface area contributed by atoms with Crippen LogP contribution in [-0.4, -0.2) is 23.1 Å². The minimum Gasteiger partial charge on any atom is -0.382 e. The number of hydrogen-bond acceptors (Lipinski definition) is 4. The number of aromatic nitrogens is 2. The molecule has 0 saturated carbocycles. The van der Waals surface area contributed by atoms with Gasteiger partial charge in [-0.25, -0.2) is 9.97 Å². The molecule has 5 heteroatoms. The van der Waals surface area contributed by atoms with Gasteiger partial charge in [-0.3, -0.25) is 0 Å². The molecule has 1 unspecified atom stereocenters. The summed E-state index contributed by atoms with van der Waals surface area (Å²) in [5, 5.41) is 0.479. The van der Waals surface area contributed by atoms with Crippen LogP contribution in [0.4, 0.5) is 11.6 Å². The SMILES string of the molecule is CC(C)C1CCN(c2ncnc(N)c2Cl)C1. The van der Waals surface area contributed by atoms with E-state index < -0.39 is 0 Å². The number of nitrogen functional groups attached to an aromatic ring is 1. The van der Waals surface area contributed by atoms with E-state index in [1.807, 2.05) is 0 Å². The van der Waals surface area contributed by atoms with Crippen molar-refractivity contribution in [3.8, 4) is 0 Å². The van der Waals surface area contributed by atoms with Gasteiger partial charge < -0.3 is 10.6 Å². The van der Waals surface area contributed by atoms with E-state index in [1.165, 1.54) is 12.7 Å². The summed E-state index contributed by atoms with van der Waals surface area (Å²) in [6.07, 6.45) is 2.66. The lowest BCUT2D eigenvalue weighted by molar-refractivity contribution is 0.422. The average Bonchev–Trinajstić information content (AvgIpc) is 2.71. The van der Waals surface area contributed by atoms with Crippen LogP contribution in [0, 0.1) is 11.8 Å². The number of nitrogens with zero attached hydrogens (tertiary/aromatic N) is 3. The van der Waals surface area contributed by atoms with Crippen LogP contribution in [0.5, 0.6) is 0 Å². The Morgan fingerprint density at radius 3 is 2.88 bits per heavy atom. The summed E-state index contributed by atoms with van der Waals surface area (Å²) in [6.45, 7) is 6.51.